The van der Waals surface area contributed by atoms with Crippen LogP contribution >= 0.6 is 0 Å². The molecule has 0 bridgehead atoms. The second-order valence-corrected chi connectivity index (χ2v) is 6.64. The van der Waals surface area contributed by atoms with Gasteiger partial charge >= 0.3 is 0 Å². The number of rotatable bonds is 3. The Kier molecular flexibility index (Phi) is 4.29. The number of nitrogens with zero attached hydrogens (tertiary/aromatic N) is 3. The number of imidazole rings is 1. The fourth-order valence-corrected chi connectivity index (χ4v) is 3.89. The molecule has 0 radical (unpaired) electrons. The highest BCUT2D eigenvalue weighted by Gasteiger charge is 2.37. The number of aromatic nitrogens is 2. The molecule has 1 aliphatic carbocycles. The lowest BCUT2D eigenvalue weighted by Gasteiger charge is -2.44. The van der Waals surface area contributed by atoms with Gasteiger partial charge in [0.1, 0.15) is 5.69 Å². The van der Waals surface area contributed by atoms with Crippen molar-refractivity contribution in [2.24, 2.45) is 11.1 Å². The molecule has 1 saturated heterocycles. The van der Waals surface area contributed by atoms with Crippen LogP contribution in [0.2, 0.25) is 0 Å². The van der Waals surface area contributed by atoms with E-state index in [0.29, 0.717) is 24.2 Å². The van der Waals surface area contributed by atoms with Crippen LogP contribution in [0, 0.1) is 5.41 Å². The van der Waals surface area contributed by atoms with Gasteiger partial charge in [-0.1, -0.05) is 19.3 Å². The summed E-state index contributed by atoms with van der Waals surface area (Å²) in [5, 5.41) is 0. The molecule has 2 fully saturated rings. The van der Waals surface area contributed by atoms with E-state index >= 15 is 0 Å². The number of nitrogens with two attached hydrogens (primary N) is 1. The predicted molar refractivity (Wildman–Crippen MR) is 81.9 cm³/mol. The number of hydrogen-bond donors (Lipinski definition) is 1. The van der Waals surface area contributed by atoms with Crippen molar-refractivity contribution >= 4 is 5.91 Å². The van der Waals surface area contributed by atoms with Crippen molar-refractivity contribution in [1.82, 2.24) is 14.5 Å². The van der Waals surface area contributed by atoms with Gasteiger partial charge < -0.3 is 15.2 Å². The SMILES string of the molecule is NCCn1cnc(C(=O)N2CCC3(CCCCC3)CC2)c1. The first-order valence-electron chi connectivity index (χ1n) is 8.24. The molecule has 1 saturated carbocycles. The summed E-state index contributed by atoms with van der Waals surface area (Å²) in [7, 11) is 0. The van der Waals surface area contributed by atoms with Gasteiger partial charge in [-0.15, -0.1) is 0 Å². The van der Waals surface area contributed by atoms with Crippen LogP contribution in [0.3, 0.4) is 0 Å². The standard InChI is InChI=1S/C16H26N4O/c17-8-11-19-12-14(18-13-19)15(21)20-9-6-16(7-10-20)4-2-1-3-5-16/h12-13H,1-11,17H2. The fraction of sp³-hybridized carbons (Fsp3) is 0.750. The van der Waals surface area contributed by atoms with Gasteiger partial charge in [0, 0.05) is 32.4 Å². The summed E-state index contributed by atoms with van der Waals surface area (Å²) in [4.78, 5) is 18.7. The summed E-state index contributed by atoms with van der Waals surface area (Å²) >= 11 is 0. The van der Waals surface area contributed by atoms with Gasteiger partial charge in [0.05, 0.1) is 6.33 Å². The summed E-state index contributed by atoms with van der Waals surface area (Å²) in [6, 6.07) is 0. The highest BCUT2D eigenvalue weighted by molar-refractivity contribution is 5.92. The molecule has 0 atom stereocenters. The Labute approximate surface area is 126 Å². The molecule has 5 heteroatoms. The maximum Gasteiger partial charge on any atom is 0.274 e. The van der Waals surface area contributed by atoms with Crippen LogP contribution in [0.25, 0.3) is 0 Å². The van der Waals surface area contributed by atoms with E-state index < -0.39 is 0 Å². The van der Waals surface area contributed by atoms with Crippen LogP contribution in [0.15, 0.2) is 12.5 Å². The Hall–Kier alpha value is -1.36. The van der Waals surface area contributed by atoms with Crippen molar-refractivity contribution in [3.8, 4) is 0 Å². The van der Waals surface area contributed by atoms with Crippen molar-refractivity contribution in [2.45, 2.75) is 51.5 Å². The quantitative estimate of drug-likeness (QED) is 0.926. The monoisotopic (exact) mass is 290 g/mol. The molecule has 0 aromatic carbocycles. The Morgan fingerprint density at radius 3 is 2.57 bits per heavy atom. The van der Waals surface area contributed by atoms with Gasteiger partial charge in [0.15, 0.2) is 0 Å². The van der Waals surface area contributed by atoms with Crippen LogP contribution in [0.1, 0.15) is 55.4 Å². The Morgan fingerprint density at radius 2 is 1.90 bits per heavy atom. The third kappa shape index (κ3) is 3.12. The lowest BCUT2D eigenvalue weighted by atomic mass is 9.68. The number of hydrogen-bond acceptors (Lipinski definition) is 3. The molecule has 1 amide bonds. The lowest BCUT2D eigenvalue weighted by Crippen LogP contribution is -2.44. The molecular weight excluding hydrogens is 264 g/mol. The van der Waals surface area contributed by atoms with Crippen molar-refractivity contribution in [1.29, 1.82) is 0 Å². The highest BCUT2D eigenvalue weighted by Crippen LogP contribution is 2.44. The Bertz CT molecular complexity index is 480. The van der Waals surface area contributed by atoms with Crippen LogP contribution in [-0.4, -0.2) is 40.0 Å². The zero-order valence-corrected chi connectivity index (χ0v) is 12.8. The van der Waals surface area contributed by atoms with Crippen molar-refractivity contribution in [3.63, 3.8) is 0 Å². The van der Waals surface area contributed by atoms with Crippen LogP contribution in [-0.2, 0) is 6.54 Å². The summed E-state index contributed by atoms with van der Waals surface area (Å²) in [6.07, 6.45) is 12.7. The van der Waals surface area contributed by atoms with Gasteiger partial charge in [0.2, 0.25) is 0 Å². The normalized spacial score (nSPS) is 21.7. The average Bonchev–Trinajstić information content (AvgIpc) is 2.97. The molecule has 21 heavy (non-hydrogen) atoms. The van der Waals surface area contributed by atoms with E-state index in [1.165, 1.54) is 44.9 Å². The Morgan fingerprint density at radius 1 is 1.19 bits per heavy atom. The first-order valence-corrected chi connectivity index (χ1v) is 8.24. The van der Waals surface area contributed by atoms with Crippen molar-refractivity contribution < 1.29 is 4.79 Å². The van der Waals surface area contributed by atoms with Crippen LogP contribution < -0.4 is 5.73 Å². The molecule has 1 aromatic rings. The smallest absolute Gasteiger partial charge is 0.274 e. The highest BCUT2D eigenvalue weighted by atomic mass is 16.2. The number of amides is 1. The molecule has 1 aromatic heterocycles. The van der Waals surface area contributed by atoms with Crippen molar-refractivity contribution in [2.75, 3.05) is 19.6 Å². The molecule has 2 N–H and O–H groups in total. The number of carbonyl (C=O) groups is 1. The fourth-order valence-electron chi connectivity index (χ4n) is 3.89. The largest absolute Gasteiger partial charge is 0.337 e. The second-order valence-electron chi connectivity index (χ2n) is 6.64. The van der Waals surface area contributed by atoms with E-state index in [2.05, 4.69) is 4.98 Å². The topological polar surface area (TPSA) is 64.2 Å². The molecule has 1 spiro atoms. The molecule has 116 valence electrons. The van der Waals surface area contributed by atoms with Gasteiger partial charge in [-0.05, 0) is 31.1 Å². The third-order valence-corrected chi connectivity index (χ3v) is 5.27. The zero-order chi connectivity index (χ0) is 14.7. The number of carbonyl (C=O) groups excluding carboxylic acids is 1. The van der Waals surface area contributed by atoms with Gasteiger partial charge in [-0.3, -0.25) is 4.79 Å². The first kappa shape index (κ1) is 14.6. The van der Waals surface area contributed by atoms with Crippen molar-refractivity contribution in [3.05, 3.63) is 18.2 Å². The van der Waals surface area contributed by atoms with E-state index in [1.54, 1.807) is 6.33 Å². The average molecular weight is 290 g/mol. The minimum atomic E-state index is 0.0800. The number of likely N-dealkylation sites (tertiary alicyclic amines) is 1. The summed E-state index contributed by atoms with van der Waals surface area (Å²) in [5.74, 6) is 0.0800. The van der Waals surface area contributed by atoms with E-state index in [4.69, 9.17) is 5.73 Å². The lowest BCUT2D eigenvalue weighted by molar-refractivity contribution is 0.0467. The molecule has 5 nitrogen and oxygen atoms in total. The summed E-state index contributed by atoms with van der Waals surface area (Å²) in [5.41, 5.74) is 6.62. The van der Waals surface area contributed by atoms with Crippen LogP contribution in [0.5, 0.6) is 0 Å². The summed E-state index contributed by atoms with van der Waals surface area (Å²) < 4.78 is 1.89. The molecule has 2 aliphatic rings. The maximum atomic E-state index is 12.5. The molecule has 3 rings (SSSR count). The van der Waals surface area contributed by atoms with E-state index in [-0.39, 0.29) is 5.91 Å². The second kappa shape index (κ2) is 6.18. The van der Waals surface area contributed by atoms with Crippen LogP contribution in [0.4, 0.5) is 0 Å². The van der Waals surface area contributed by atoms with Gasteiger partial charge in [0.25, 0.3) is 5.91 Å². The van der Waals surface area contributed by atoms with E-state index in [0.717, 1.165) is 13.1 Å². The van der Waals surface area contributed by atoms with Gasteiger partial charge in [-0.25, -0.2) is 4.98 Å². The molecule has 0 unspecified atom stereocenters. The molecule has 1 aliphatic heterocycles. The van der Waals surface area contributed by atoms with E-state index in [1.807, 2.05) is 15.7 Å². The molecular formula is C16H26N4O. The minimum absolute atomic E-state index is 0.0800. The first-order chi connectivity index (χ1) is 10.2. The zero-order valence-electron chi connectivity index (χ0n) is 12.8. The summed E-state index contributed by atoms with van der Waals surface area (Å²) in [6.45, 7) is 3.06. The van der Waals surface area contributed by atoms with E-state index in [9.17, 15) is 4.79 Å². The predicted octanol–water partition coefficient (Wildman–Crippen LogP) is 2.03. The number of piperidine rings is 1. The minimum Gasteiger partial charge on any atom is -0.337 e. The molecule has 2 heterocycles. The maximum absolute atomic E-state index is 12.5. The van der Waals surface area contributed by atoms with Gasteiger partial charge in [-0.2, -0.15) is 0 Å². The third-order valence-electron chi connectivity index (χ3n) is 5.27. The Balaban J connectivity index is 1.59.